The molecule has 1 saturated heterocycles. The van der Waals surface area contributed by atoms with Crippen molar-refractivity contribution in [2.45, 2.75) is 38.8 Å². The molecule has 1 aliphatic carbocycles. The SMILES string of the molecule is CC1(C)[C@H](NC(=O)NCCc2cccc3cccnc23)[C@@H]2CCO[C@@H]21. The molecule has 0 radical (unpaired) electrons. The van der Waals surface area contributed by atoms with Crippen molar-refractivity contribution in [3.05, 3.63) is 42.1 Å². The van der Waals surface area contributed by atoms with E-state index >= 15 is 0 Å². The number of benzene rings is 1. The summed E-state index contributed by atoms with van der Waals surface area (Å²) in [4.78, 5) is 16.8. The van der Waals surface area contributed by atoms with E-state index in [1.54, 1.807) is 0 Å². The summed E-state index contributed by atoms with van der Waals surface area (Å²) in [6.07, 6.45) is 3.91. The number of carbonyl (C=O) groups is 1. The van der Waals surface area contributed by atoms with Gasteiger partial charge in [-0.15, -0.1) is 0 Å². The first-order chi connectivity index (χ1) is 12.1. The summed E-state index contributed by atoms with van der Waals surface area (Å²) in [5.74, 6) is 0.461. The van der Waals surface area contributed by atoms with Crippen molar-refractivity contribution < 1.29 is 9.53 Å². The van der Waals surface area contributed by atoms with Crippen molar-refractivity contribution in [1.82, 2.24) is 15.6 Å². The molecule has 1 aromatic carbocycles. The Morgan fingerprint density at radius 2 is 2.16 bits per heavy atom. The van der Waals surface area contributed by atoms with Gasteiger partial charge in [0.1, 0.15) is 0 Å². The summed E-state index contributed by atoms with van der Waals surface area (Å²) >= 11 is 0. The lowest BCUT2D eigenvalue weighted by molar-refractivity contribution is -0.108. The number of ether oxygens (including phenoxy) is 1. The molecule has 0 unspecified atom stereocenters. The molecule has 0 bridgehead atoms. The van der Waals surface area contributed by atoms with E-state index in [0.717, 1.165) is 35.9 Å². The predicted molar refractivity (Wildman–Crippen MR) is 97.4 cm³/mol. The smallest absolute Gasteiger partial charge is 0.315 e. The monoisotopic (exact) mass is 339 g/mol. The molecule has 1 saturated carbocycles. The van der Waals surface area contributed by atoms with Crippen molar-refractivity contribution in [3.8, 4) is 0 Å². The van der Waals surface area contributed by atoms with E-state index in [0.29, 0.717) is 18.6 Å². The van der Waals surface area contributed by atoms with E-state index in [2.05, 4.69) is 47.7 Å². The van der Waals surface area contributed by atoms with Crippen LogP contribution >= 0.6 is 0 Å². The molecular formula is C20H25N3O2. The topological polar surface area (TPSA) is 63.2 Å². The molecule has 2 amide bonds. The van der Waals surface area contributed by atoms with Gasteiger partial charge in [0.05, 0.1) is 11.6 Å². The van der Waals surface area contributed by atoms with Crippen LogP contribution in [-0.4, -0.2) is 36.3 Å². The van der Waals surface area contributed by atoms with Gasteiger partial charge < -0.3 is 15.4 Å². The van der Waals surface area contributed by atoms with Crippen molar-refractivity contribution in [3.63, 3.8) is 0 Å². The fourth-order valence-electron chi connectivity index (χ4n) is 4.49. The molecule has 3 atom stereocenters. The van der Waals surface area contributed by atoms with Gasteiger partial charge >= 0.3 is 6.03 Å². The highest BCUT2D eigenvalue weighted by atomic mass is 16.5. The van der Waals surface area contributed by atoms with E-state index in [1.165, 1.54) is 0 Å². The number of nitrogens with zero attached hydrogens (tertiary/aromatic N) is 1. The second-order valence-corrected chi connectivity index (χ2v) is 7.69. The lowest BCUT2D eigenvalue weighted by atomic mass is 9.57. The van der Waals surface area contributed by atoms with Crippen molar-refractivity contribution in [2.24, 2.45) is 11.3 Å². The van der Waals surface area contributed by atoms with Crippen LogP contribution in [0.4, 0.5) is 4.79 Å². The van der Waals surface area contributed by atoms with Crippen molar-refractivity contribution in [1.29, 1.82) is 0 Å². The first-order valence-corrected chi connectivity index (χ1v) is 9.06. The van der Waals surface area contributed by atoms with Gasteiger partial charge in [0.15, 0.2) is 0 Å². The van der Waals surface area contributed by atoms with Crippen LogP contribution in [0.25, 0.3) is 10.9 Å². The molecule has 0 spiro atoms. The van der Waals surface area contributed by atoms with Crippen LogP contribution in [0.5, 0.6) is 0 Å². The zero-order valence-corrected chi connectivity index (χ0v) is 14.8. The van der Waals surface area contributed by atoms with Crippen molar-refractivity contribution in [2.75, 3.05) is 13.2 Å². The van der Waals surface area contributed by atoms with E-state index in [1.807, 2.05) is 18.3 Å². The molecular weight excluding hydrogens is 314 g/mol. The molecule has 4 rings (SSSR count). The molecule has 2 N–H and O–H groups in total. The van der Waals surface area contributed by atoms with Crippen LogP contribution in [0.3, 0.4) is 0 Å². The number of hydrogen-bond acceptors (Lipinski definition) is 3. The normalized spacial score (nSPS) is 26.7. The Kier molecular flexibility index (Phi) is 4.12. The number of amides is 2. The molecule has 25 heavy (non-hydrogen) atoms. The summed E-state index contributed by atoms with van der Waals surface area (Å²) in [6, 6.07) is 10.3. The van der Waals surface area contributed by atoms with Crippen LogP contribution in [0.2, 0.25) is 0 Å². The van der Waals surface area contributed by atoms with Gasteiger partial charge in [-0.2, -0.15) is 0 Å². The van der Waals surface area contributed by atoms with Gasteiger partial charge in [0.2, 0.25) is 0 Å². The van der Waals surface area contributed by atoms with Crippen LogP contribution in [0.15, 0.2) is 36.5 Å². The first-order valence-electron chi connectivity index (χ1n) is 9.06. The van der Waals surface area contributed by atoms with E-state index < -0.39 is 0 Å². The van der Waals surface area contributed by atoms with E-state index in [9.17, 15) is 4.79 Å². The Hall–Kier alpha value is -2.14. The zero-order chi connectivity index (χ0) is 17.4. The van der Waals surface area contributed by atoms with Gasteiger partial charge in [-0.25, -0.2) is 4.79 Å². The standard InChI is InChI=1S/C20H25N3O2/c1-20(2)17(15-9-12-25-18(15)20)23-19(24)22-11-8-14-6-3-5-13-7-4-10-21-16(13)14/h3-7,10,15,17-18H,8-9,11-12H2,1-2H3,(H2,22,23,24)/t15-,17+,18-/m0/s1. The summed E-state index contributed by atoms with van der Waals surface area (Å²) in [5, 5.41) is 7.28. The average Bonchev–Trinajstić information content (AvgIpc) is 3.07. The first kappa shape index (κ1) is 16.3. The lowest BCUT2D eigenvalue weighted by Gasteiger charge is -2.54. The Morgan fingerprint density at radius 3 is 3.04 bits per heavy atom. The molecule has 5 heteroatoms. The second kappa shape index (κ2) is 6.30. The van der Waals surface area contributed by atoms with Gasteiger partial charge in [-0.1, -0.05) is 38.1 Å². The number of rotatable bonds is 4. The minimum Gasteiger partial charge on any atom is -0.377 e. The molecule has 5 nitrogen and oxygen atoms in total. The Bertz CT molecular complexity index is 784. The third-order valence-electron chi connectivity index (χ3n) is 5.78. The maximum absolute atomic E-state index is 12.3. The number of para-hydroxylation sites is 1. The summed E-state index contributed by atoms with van der Waals surface area (Å²) in [6.45, 7) is 5.75. The highest BCUT2D eigenvalue weighted by Gasteiger charge is 2.59. The van der Waals surface area contributed by atoms with Crippen LogP contribution in [0.1, 0.15) is 25.8 Å². The number of carbonyl (C=O) groups excluding carboxylic acids is 1. The van der Waals surface area contributed by atoms with Crippen LogP contribution < -0.4 is 10.6 Å². The average molecular weight is 339 g/mol. The number of fused-ring (bicyclic) bond motifs is 2. The number of nitrogens with one attached hydrogen (secondary N) is 2. The van der Waals surface area contributed by atoms with Crippen LogP contribution in [0, 0.1) is 11.3 Å². The molecule has 2 aliphatic rings. The minimum absolute atomic E-state index is 0.0120. The largest absolute Gasteiger partial charge is 0.377 e. The molecule has 2 aromatic rings. The molecule has 132 valence electrons. The van der Waals surface area contributed by atoms with Crippen LogP contribution in [-0.2, 0) is 11.2 Å². The second-order valence-electron chi connectivity index (χ2n) is 7.69. The summed E-state index contributed by atoms with van der Waals surface area (Å²) in [7, 11) is 0. The minimum atomic E-state index is -0.0865. The van der Waals surface area contributed by atoms with Gasteiger partial charge in [-0.05, 0) is 24.5 Å². The highest BCUT2D eigenvalue weighted by molar-refractivity contribution is 5.81. The summed E-state index contributed by atoms with van der Waals surface area (Å²) < 4.78 is 5.78. The highest BCUT2D eigenvalue weighted by Crippen LogP contribution is 2.52. The summed E-state index contributed by atoms with van der Waals surface area (Å²) in [5.41, 5.74) is 2.18. The fraction of sp³-hybridized carbons (Fsp3) is 0.500. The number of aromatic nitrogens is 1. The van der Waals surface area contributed by atoms with E-state index in [4.69, 9.17) is 4.74 Å². The molecule has 1 aliphatic heterocycles. The molecule has 2 heterocycles. The number of hydrogen-bond donors (Lipinski definition) is 2. The van der Waals surface area contributed by atoms with Gasteiger partial charge in [0, 0.05) is 42.1 Å². The Labute approximate surface area is 148 Å². The number of pyridine rings is 1. The zero-order valence-electron chi connectivity index (χ0n) is 14.8. The molecule has 1 aromatic heterocycles. The Morgan fingerprint density at radius 1 is 1.32 bits per heavy atom. The Balaban J connectivity index is 1.32. The third kappa shape index (κ3) is 2.86. The van der Waals surface area contributed by atoms with Crippen molar-refractivity contribution >= 4 is 16.9 Å². The van der Waals surface area contributed by atoms with Gasteiger partial charge in [-0.3, -0.25) is 4.98 Å². The predicted octanol–water partition coefficient (Wildman–Crippen LogP) is 2.89. The maximum atomic E-state index is 12.3. The third-order valence-corrected chi connectivity index (χ3v) is 5.78. The van der Waals surface area contributed by atoms with Gasteiger partial charge in [0.25, 0.3) is 0 Å². The number of urea groups is 1. The van der Waals surface area contributed by atoms with E-state index in [-0.39, 0.29) is 17.5 Å². The molecule has 2 fully saturated rings. The maximum Gasteiger partial charge on any atom is 0.315 e. The quantitative estimate of drug-likeness (QED) is 0.900. The lowest BCUT2D eigenvalue weighted by Crippen LogP contribution is -2.67. The fourth-order valence-corrected chi connectivity index (χ4v) is 4.49.